The molecule has 0 aromatic carbocycles. The normalized spacial score (nSPS) is 17.0. The molecule has 0 unspecified atom stereocenters. The number of amides is 2. The standard InChI is InChI=1S/C11H18N2O5/c1-18-7-8-2-4-13(5-3-8)11(17)12-6-9(14)10(15)16/h2,9,14H,3-7H2,1H3,(H,12,17)(H,15,16)/t9-/m0/s1. The molecule has 3 N–H and O–H groups in total. The third-order valence-electron chi connectivity index (χ3n) is 2.65. The van der Waals surface area contributed by atoms with Crippen molar-refractivity contribution in [2.75, 3.05) is 33.4 Å². The minimum Gasteiger partial charge on any atom is -0.479 e. The number of nitrogens with one attached hydrogen (secondary N) is 1. The van der Waals surface area contributed by atoms with Crippen molar-refractivity contribution in [2.45, 2.75) is 12.5 Å². The van der Waals surface area contributed by atoms with Gasteiger partial charge in [-0.3, -0.25) is 0 Å². The van der Waals surface area contributed by atoms with E-state index in [1.165, 1.54) is 0 Å². The predicted molar refractivity (Wildman–Crippen MR) is 63.2 cm³/mol. The van der Waals surface area contributed by atoms with E-state index < -0.39 is 12.1 Å². The van der Waals surface area contributed by atoms with Crippen molar-refractivity contribution in [3.63, 3.8) is 0 Å². The average molecular weight is 258 g/mol. The number of carboxylic acids is 1. The van der Waals surface area contributed by atoms with Crippen LogP contribution < -0.4 is 5.32 Å². The number of urea groups is 1. The van der Waals surface area contributed by atoms with Crippen LogP contribution in [0, 0.1) is 0 Å². The maximum absolute atomic E-state index is 11.6. The first kappa shape index (κ1) is 14.5. The van der Waals surface area contributed by atoms with Gasteiger partial charge in [-0.25, -0.2) is 9.59 Å². The Bertz CT molecular complexity index is 342. The Morgan fingerprint density at radius 2 is 2.33 bits per heavy atom. The second-order valence-electron chi connectivity index (χ2n) is 4.03. The fourth-order valence-electron chi connectivity index (χ4n) is 1.60. The molecular formula is C11H18N2O5. The Morgan fingerprint density at radius 1 is 1.61 bits per heavy atom. The van der Waals surface area contributed by atoms with E-state index in [4.69, 9.17) is 14.9 Å². The Balaban J connectivity index is 2.34. The minimum atomic E-state index is -1.57. The lowest BCUT2D eigenvalue weighted by Gasteiger charge is -2.26. The van der Waals surface area contributed by atoms with Gasteiger partial charge in [0.1, 0.15) is 0 Å². The molecule has 2 amide bonds. The minimum absolute atomic E-state index is 0.292. The highest BCUT2D eigenvalue weighted by molar-refractivity contribution is 5.77. The molecule has 0 aromatic rings. The highest BCUT2D eigenvalue weighted by atomic mass is 16.5. The molecule has 0 aromatic heterocycles. The van der Waals surface area contributed by atoms with E-state index in [9.17, 15) is 9.59 Å². The number of carbonyl (C=O) groups excluding carboxylic acids is 1. The molecule has 1 atom stereocenters. The molecule has 0 saturated heterocycles. The van der Waals surface area contributed by atoms with E-state index in [2.05, 4.69) is 5.32 Å². The molecule has 1 heterocycles. The molecule has 0 saturated carbocycles. The van der Waals surface area contributed by atoms with Gasteiger partial charge in [-0.15, -0.1) is 0 Å². The molecule has 18 heavy (non-hydrogen) atoms. The Morgan fingerprint density at radius 3 is 2.83 bits per heavy atom. The Kier molecular flexibility index (Phi) is 5.60. The van der Waals surface area contributed by atoms with Crippen molar-refractivity contribution < 1.29 is 24.5 Å². The van der Waals surface area contributed by atoms with Crippen molar-refractivity contribution in [3.05, 3.63) is 11.6 Å². The number of nitrogens with zero attached hydrogens (tertiary/aromatic N) is 1. The van der Waals surface area contributed by atoms with Crippen molar-refractivity contribution in [3.8, 4) is 0 Å². The van der Waals surface area contributed by atoms with Gasteiger partial charge in [0.15, 0.2) is 6.10 Å². The van der Waals surface area contributed by atoms with Crippen LogP contribution in [0.5, 0.6) is 0 Å². The molecule has 0 aliphatic carbocycles. The fraction of sp³-hybridized carbons (Fsp3) is 0.636. The summed E-state index contributed by atoms with van der Waals surface area (Å²) < 4.78 is 5.00. The first-order valence-corrected chi connectivity index (χ1v) is 5.65. The van der Waals surface area contributed by atoms with Crippen molar-refractivity contribution in [1.29, 1.82) is 0 Å². The number of aliphatic hydroxyl groups excluding tert-OH is 1. The van der Waals surface area contributed by atoms with E-state index in [0.29, 0.717) is 19.7 Å². The molecule has 0 spiro atoms. The van der Waals surface area contributed by atoms with Gasteiger partial charge in [0, 0.05) is 20.2 Å². The summed E-state index contributed by atoms with van der Waals surface area (Å²) in [5.41, 5.74) is 1.15. The number of hydrogen-bond acceptors (Lipinski definition) is 4. The fourth-order valence-corrected chi connectivity index (χ4v) is 1.60. The van der Waals surface area contributed by atoms with Crippen LogP contribution in [0.25, 0.3) is 0 Å². The second-order valence-corrected chi connectivity index (χ2v) is 4.03. The van der Waals surface area contributed by atoms with Crippen LogP contribution in [0.2, 0.25) is 0 Å². The number of rotatable bonds is 5. The third-order valence-corrected chi connectivity index (χ3v) is 2.65. The first-order valence-electron chi connectivity index (χ1n) is 5.65. The molecule has 102 valence electrons. The maximum Gasteiger partial charge on any atom is 0.334 e. The number of aliphatic hydroxyl groups is 1. The number of ether oxygens (including phenoxy) is 1. The van der Waals surface area contributed by atoms with Crippen LogP contribution in [0.3, 0.4) is 0 Å². The third kappa shape index (κ3) is 4.34. The van der Waals surface area contributed by atoms with Gasteiger partial charge < -0.3 is 25.2 Å². The number of aliphatic carboxylic acids is 1. The van der Waals surface area contributed by atoms with Gasteiger partial charge in [0.2, 0.25) is 0 Å². The summed E-state index contributed by atoms with van der Waals surface area (Å²) in [5.74, 6) is -1.35. The van der Waals surface area contributed by atoms with Gasteiger partial charge >= 0.3 is 12.0 Å². The molecule has 7 nitrogen and oxygen atoms in total. The highest BCUT2D eigenvalue weighted by Crippen LogP contribution is 2.10. The summed E-state index contributed by atoms with van der Waals surface area (Å²) in [4.78, 5) is 23.6. The summed E-state index contributed by atoms with van der Waals surface area (Å²) in [7, 11) is 1.62. The Hall–Kier alpha value is -1.60. The van der Waals surface area contributed by atoms with Gasteiger partial charge in [-0.2, -0.15) is 0 Å². The summed E-state index contributed by atoms with van der Waals surface area (Å²) in [6, 6.07) is -0.372. The number of methoxy groups -OCH3 is 1. The van der Waals surface area contributed by atoms with Gasteiger partial charge in [-0.1, -0.05) is 6.08 Å². The zero-order valence-electron chi connectivity index (χ0n) is 10.3. The molecule has 0 fully saturated rings. The molecule has 1 rings (SSSR count). The second kappa shape index (κ2) is 6.97. The van der Waals surface area contributed by atoms with Crippen LogP contribution in [-0.4, -0.2) is 66.6 Å². The lowest BCUT2D eigenvalue weighted by atomic mass is 10.1. The number of carboxylic acid groups (broad SMARTS) is 1. The summed E-state index contributed by atoms with van der Waals surface area (Å²) in [6.07, 6.45) is 1.08. The van der Waals surface area contributed by atoms with Crippen LogP contribution in [-0.2, 0) is 9.53 Å². The predicted octanol–water partition coefficient (Wildman–Crippen LogP) is -0.580. The number of carbonyl (C=O) groups is 2. The summed E-state index contributed by atoms with van der Waals surface area (Å²) >= 11 is 0. The van der Waals surface area contributed by atoms with Crippen molar-refractivity contribution in [2.24, 2.45) is 0 Å². The lowest BCUT2D eigenvalue weighted by Crippen LogP contribution is -2.46. The van der Waals surface area contributed by atoms with Crippen molar-refractivity contribution >= 4 is 12.0 Å². The van der Waals surface area contributed by atoms with Crippen LogP contribution in [0.1, 0.15) is 6.42 Å². The number of hydrogen-bond donors (Lipinski definition) is 3. The monoisotopic (exact) mass is 258 g/mol. The summed E-state index contributed by atoms with van der Waals surface area (Å²) in [6.45, 7) is 1.30. The summed E-state index contributed by atoms with van der Waals surface area (Å²) in [5, 5.41) is 19.9. The largest absolute Gasteiger partial charge is 0.479 e. The topological polar surface area (TPSA) is 99.1 Å². The molecule has 0 radical (unpaired) electrons. The van der Waals surface area contributed by atoms with Crippen LogP contribution >= 0.6 is 0 Å². The van der Waals surface area contributed by atoms with E-state index in [1.54, 1.807) is 12.0 Å². The van der Waals surface area contributed by atoms with E-state index in [-0.39, 0.29) is 12.6 Å². The molecule has 1 aliphatic rings. The lowest BCUT2D eigenvalue weighted by molar-refractivity contribution is -0.146. The van der Waals surface area contributed by atoms with E-state index >= 15 is 0 Å². The molecule has 1 aliphatic heterocycles. The van der Waals surface area contributed by atoms with Crippen molar-refractivity contribution in [1.82, 2.24) is 10.2 Å². The molecule has 7 heteroatoms. The first-order chi connectivity index (χ1) is 8.54. The molecule has 0 bridgehead atoms. The molecular weight excluding hydrogens is 240 g/mol. The van der Waals surface area contributed by atoms with Crippen LogP contribution in [0.4, 0.5) is 4.79 Å². The maximum atomic E-state index is 11.6. The zero-order valence-corrected chi connectivity index (χ0v) is 10.3. The van der Waals surface area contributed by atoms with E-state index in [0.717, 1.165) is 12.0 Å². The average Bonchev–Trinajstić information content (AvgIpc) is 2.36. The van der Waals surface area contributed by atoms with E-state index in [1.807, 2.05) is 6.08 Å². The van der Waals surface area contributed by atoms with Gasteiger partial charge in [-0.05, 0) is 12.0 Å². The Labute approximate surface area is 105 Å². The smallest absolute Gasteiger partial charge is 0.334 e. The van der Waals surface area contributed by atoms with Gasteiger partial charge in [0.25, 0.3) is 0 Å². The van der Waals surface area contributed by atoms with Crippen LogP contribution in [0.15, 0.2) is 11.6 Å². The zero-order chi connectivity index (χ0) is 13.5. The quantitative estimate of drug-likeness (QED) is 0.573. The highest BCUT2D eigenvalue weighted by Gasteiger charge is 2.19. The van der Waals surface area contributed by atoms with Gasteiger partial charge in [0.05, 0.1) is 13.2 Å². The SMILES string of the molecule is COCC1=CCN(C(=O)NC[C@H](O)C(=O)O)CC1.